The summed E-state index contributed by atoms with van der Waals surface area (Å²) in [6.07, 6.45) is 2.50. The van der Waals surface area contributed by atoms with Crippen molar-refractivity contribution in [2.45, 2.75) is 38.7 Å². The van der Waals surface area contributed by atoms with Gasteiger partial charge >= 0.3 is 0 Å². The summed E-state index contributed by atoms with van der Waals surface area (Å²) in [6, 6.07) is 0. The molecule has 2 atom stereocenters. The summed E-state index contributed by atoms with van der Waals surface area (Å²) in [7, 11) is 5.20. The second-order valence-corrected chi connectivity index (χ2v) is 5.76. The molecule has 0 bridgehead atoms. The van der Waals surface area contributed by atoms with Crippen LogP contribution in [-0.4, -0.2) is 26.0 Å². The van der Waals surface area contributed by atoms with Crippen molar-refractivity contribution in [3.05, 3.63) is 0 Å². The zero-order chi connectivity index (χ0) is 9.61. The minimum Gasteiger partial charge on any atom is -0.317 e. The first kappa shape index (κ1) is 12.5. The zero-order valence-electron chi connectivity index (χ0n) is 8.98. The SMILES string of the molecule is BC(P)(CC)CNCCC(C)C. The molecule has 0 rings (SSSR count). The van der Waals surface area contributed by atoms with Crippen molar-refractivity contribution < 1.29 is 0 Å². The molecule has 3 heteroatoms. The maximum Gasteiger partial charge on any atom is 0.116 e. The molecular weight excluding hydrogens is 164 g/mol. The fourth-order valence-corrected chi connectivity index (χ4v) is 1.03. The quantitative estimate of drug-likeness (QED) is 0.374. The molecule has 12 heavy (non-hydrogen) atoms. The van der Waals surface area contributed by atoms with Gasteiger partial charge in [0.2, 0.25) is 0 Å². The monoisotopic (exact) mass is 187 g/mol. The molecule has 2 unspecified atom stereocenters. The highest BCUT2D eigenvalue weighted by Gasteiger charge is 2.13. The highest BCUT2D eigenvalue weighted by Crippen LogP contribution is 2.16. The Balaban J connectivity index is 3.31. The van der Waals surface area contributed by atoms with Crippen molar-refractivity contribution in [2.75, 3.05) is 13.1 Å². The summed E-state index contributed by atoms with van der Waals surface area (Å²) < 4.78 is 0. The summed E-state index contributed by atoms with van der Waals surface area (Å²) in [4.78, 5) is 0. The third kappa shape index (κ3) is 7.12. The Morgan fingerprint density at radius 3 is 2.50 bits per heavy atom. The first-order chi connectivity index (χ1) is 5.48. The van der Waals surface area contributed by atoms with Crippen LogP contribution in [0.4, 0.5) is 0 Å². The number of hydrogen-bond acceptors (Lipinski definition) is 1. The van der Waals surface area contributed by atoms with Crippen LogP contribution in [0.1, 0.15) is 33.6 Å². The fourth-order valence-electron chi connectivity index (χ4n) is 0.890. The van der Waals surface area contributed by atoms with Gasteiger partial charge in [-0.25, -0.2) is 0 Å². The molecule has 0 spiro atoms. The van der Waals surface area contributed by atoms with Crippen LogP contribution >= 0.6 is 9.24 Å². The van der Waals surface area contributed by atoms with Gasteiger partial charge in [0.15, 0.2) is 0 Å². The molecule has 0 aromatic carbocycles. The van der Waals surface area contributed by atoms with Crippen LogP contribution in [0.2, 0.25) is 0 Å². The van der Waals surface area contributed by atoms with Gasteiger partial charge in [-0.05, 0) is 30.5 Å². The molecule has 72 valence electrons. The van der Waals surface area contributed by atoms with Crippen molar-refractivity contribution in [3.63, 3.8) is 0 Å². The first-order valence-corrected chi connectivity index (χ1v) is 5.55. The second-order valence-electron chi connectivity index (χ2n) is 4.37. The number of nitrogens with one attached hydrogen (secondary N) is 1. The Morgan fingerprint density at radius 2 is 2.08 bits per heavy atom. The van der Waals surface area contributed by atoms with E-state index in [1.807, 2.05) is 0 Å². The van der Waals surface area contributed by atoms with E-state index in [9.17, 15) is 0 Å². The Morgan fingerprint density at radius 1 is 1.50 bits per heavy atom. The Bertz CT molecular complexity index is 115. The molecule has 0 aliphatic heterocycles. The topological polar surface area (TPSA) is 12.0 Å². The predicted molar refractivity (Wildman–Crippen MR) is 63.6 cm³/mol. The first-order valence-electron chi connectivity index (χ1n) is 4.97. The van der Waals surface area contributed by atoms with Crippen LogP contribution in [0.25, 0.3) is 0 Å². The van der Waals surface area contributed by atoms with Crippen LogP contribution in [-0.2, 0) is 0 Å². The Hall–Kier alpha value is 0.455. The van der Waals surface area contributed by atoms with Crippen LogP contribution in [0.15, 0.2) is 0 Å². The molecule has 0 saturated heterocycles. The zero-order valence-corrected chi connectivity index (χ0v) is 10.1. The van der Waals surface area contributed by atoms with E-state index in [1.165, 1.54) is 12.8 Å². The van der Waals surface area contributed by atoms with E-state index >= 15 is 0 Å². The molecule has 1 nitrogen and oxygen atoms in total. The van der Waals surface area contributed by atoms with Gasteiger partial charge in [-0.2, -0.15) is 0 Å². The normalized spacial score (nSPS) is 16.4. The van der Waals surface area contributed by atoms with Crippen molar-refractivity contribution in [1.82, 2.24) is 5.32 Å². The largest absolute Gasteiger partial charge is 0.317 e. The van der Waals surface area contributed by atoms with Crippen molar-refractivity contribution in [3.8, 4) is 0 Å². The van der Waals surface area contributed by atoms with Gasteiger partial charge in [0.1, 0.15) is 7.85 Å². The van der Waals surface area contributed by atoms with Gasteiger partial charge in [0.25, 0.3) is 0 Å². The molecule has 0 aliphatic carbocycles. The van der Waals surface area contributed by atoms with E-state index in [-0.39, 0.29) is 0 Å². The lowest BCUT2D eigenvalue weighted by Crippen LogP contribution is -2.35. The van der Waals surface area contributed by atoms with Gasteiger partial charge in [0.05, 0.1) is 0 Å². The molecule has 0 saturated carbocycles. The van der Waals surface area contributed by atoms with E-state index < -0.39 is 0 Å². The van der Waals surface area contributed by atoms with E-state index in [2.05, 4.69) is 43.2 Å². The van der Waals surface area contributed by atoms with Gasteiger partial charge < -0.3 is 5.32 Å². The molecule has 0 aliphatic rings. The fraction of sp³-hybridized carbons (Fsp3) is 1.00. The van der Waals surface area contributed by atoms with Crippen LogP contribution in [0, 0.1) is 5.92 Å². The molecule has 0 aromatic rings. The van der Waals surface area contributed by atoms with Crippen LogP contribution in [0.3, 0.4) is 0 Å². The maximum atomic E-state index is 3.49. The van der Waals surface area contributed by atoms with E-state index in [1.54, 1.807) is 0 Å². The molecule has 0 heterocycles. The van der Waals surface area contributed by atoms with Crippen molar-refractivity contribution in [1.29, 1.82) is 0 Å². The van der Waals surface area contributed by atoms with Gasteiger partial charge in [-0.3, -0.25) is 0 Å². The van der Waals surface area contributed by atoms with E-state index in [4.69, 9.17) is 0 Å². The Kier molecular flexibility index (Phi) is 6.22. The summed E-state index contributed by atoms with van der Waals surface area (Å²) in [5.41, 5.74) is 0. The van der Waals surface area contributed by atoms with E-state index in [0.717, 1.165) is 19.0 Å². The summed E-state index contributed by atoms with van der Waals surface area (Å²) >= 11 is 0. The molecule has 0 aromatic heterocycles. The molecule has 0 fully saturated rings. The number of rotatable bonds is 6. The molecule has 0 radical (unpaired) electrons. The average Bonchev–Trinajstić information content (AvgIpc) is 1.98. The van der Waals surface area contributed by atoms with E-state index in [0.29, 0.717) is 5.06 Å². The third-order valence-corrected chi connectivity index (χ3v) is 2.85. The summed E-state index contributed by atoms with van der Waals surface area (Å²) in [5, 5.41) is 3.87. The highest BCUT2D eigenvalue weighted by atomic mass is 31.0. The number of hydrogen-bond donors (Lipinski definition) is 1. The highest BCUT2D eigenvalue weighted by molar-refractivity contribution is 7.22. The third-order valence-electron chi connectivity index (χ3n) is 2.23. The lowest BCUT2D eigenvalue weighted by Gasteiger charge is -2.23. The minimum atomic E-state index is 0.386. The second kappa shape index (κ2) is 5.99. The summed E-state index contributed by atoms with van der Waals surface area (Å²) in [5.74, 6) is 0.815. The van der Waals surface area contributed by atoms with Crippen molar-refractivity contribution >= 4 is 17.1 Å². The standard InChI is InChI=1S/C9H23BNP/c1-4-9(10,12)7-11-6-5-8(2)3/h8,11H,4-7,10,12H2,1-3H3. The lowest BCUT2D eigenvalue weighted by molar-refractivity contribution is 0.524. The lowest BCUT2D eigenvalue weighted by atomic mass is 9.83. The van der Waals surface area contributed by atoms with Gasteiger partial charge in [-0.1, -0.05) is 27.2 Å². The molecule has 1 N–H and O–H groups in total. The molecular formula is C9H23BNP. The smallest absolute Gasteiger partial charge is 0.116 e. The van der Waals surface area contributed by atoms with Gasteiger partial charge in [-0.15, -0.1) is 9.24 Å². The van der Waals surface area contributed by atoms with Gasteiger partial charge in [0, 0.05) is 0 Å². The maximum absolute atomic E-state index is 3.49. The predicted octanol–water partition coefficient (Wildman–Crippen LogP) is 1.24. The Labute approximate surface area is 80.7 Å². The van der Waals surface area contributed by atoms with Crippen LogP contribution < -0.4 is 5.32 Å². The average molecular weight is 187 g/mol. The van der Waals surface area contributed by atoms with Crippen molar-refractivity contribution in [2.24, 2.45) is 5.92 Å². The van der Waals surface area contributed by atoms with Crippen LogP contribution in [0.5, 0.6) is 0 Å². The summed E-state index contributed by atoms with van der Waals surface area (Å²) in [6.45, 7) is 9.03. The minimum absolute atomic E-state index is 0.386. The molecule has 0 amide bonds.